The van der Waals surface area contributed by atoms with Crippen molar-refractivity contribution in [3.8, 4) is 0 Å². The fourth-order valence-corrected chi connectivity index (χ4v) is 5.25. The number of ether oxygens (including phenoxy) is 1. The van der Waals surface area contributed by atoms with Crippen LogP contribution in [0.5, 0.6) is 0 Å². The second kappa shape index (κ2) is 9.66. The van der Waals surface area contributed by atoms with E-state index in [0.717, 1.165) is 22.6 Å². The van der Waals surface area contributed by atoms with E-state index in [1.807, 2.05) is 12.3 Å². The molecule has 2 aromatic rings. The summed E-state index contributed by atoms with van der Waals surface area (Å²) in [5.41, 5.74) is 1.73. The summed E-state index contributed by atoms with van der Waals surface area (Å²) in [5.74, 6) is -0.101. The van der Waals surface area contributed by atoms with Gasteiger partial charge in [0, 0.05) is 43.7 Å². The Kier molecular flexibility index (Phi) is 7.23. The molecule has 0 saturated carbocycles. The number of hydrogen-bond acceptors (Lipinski definition) is 6. The van der Waals surface area contributed by atoms with Crippen LogP contribution in [0.15, 0.2) is 39.3 Å². The second-order valence-electron chi connectivity index (χ2n) is 6.84. The fourth-order valence-electron chi connectivity index (χ4n) is 3.08. The average molecular weight is 440 g/mol. The van der Waals surface area contributed by atoms with Gasteiger partial charge < -0.3 is 14.6 Å². The maximum Gasteiger partial charge on any atom is 0.307 e. The van der Waals surface area contributed by atoms with Gasteiger partial charge >= 0.3 is 4.87 Å². The Morgan fingerprint density at radius 3 is 2.52 bits per heavy atom. The maximum absolute atomic E-state index is 12.6. The zero-order valence-corrected chi connectivity index (χ0v) is 17.9. The Morgan fingerprint density at radius 2 is 1.90 bits per heavy atom. The van der Waals surface area contributed by atoms with Gasteiger partial charge in [-0.2, -0.15) is 4.31 Å². The van der Waals surface area contributed by atoms with Gasteiger partial charge in [-0.05, 0) is 31.0 Å². The quantitative estimate of drug-likeness (QED) is 0.669. The number of aryl methyl sites for hydroxylation is 1. The predicted octanol–water partition coefficient (Wildman–Crippen LogP) is 1.34. The third-order valence-corrected chi connectivity index (χ3v) is 7.58. The molecule has 1 N–H and O–H groups in total. The Labute approximate surface area is 174 Å². The van der Waals surface area contributed by atoms with Crippen molar-refractivity contribution in [1.29, 1.82) is 0 Å². The first-order chi connectivity index (χ1) is 13.9. The van der Waals surface area contributed by atoms with Crippen molar-refractivity contribution < 1.29 is 17.9 Å². The number of hydrogen-bond donors (Lipinski definition) is 1. The number of thiazole rings is 1. The summed E-state index contributed by atoms with van der Waals surface area (Å²) < 4.78 is 33.5. The lowest BCUT2D eigenvalue weighted by molar-refractivity contribution is -0.121. The highest BCUT2D eigenvalue weighted by Crippen LogP contribution is 2.17. The molecule has 2 heterocycles. The fraction of sp³-hybridized carbons (Fsp3) is 0.474. The van der Waals surface area contributed by atoms with E-state index in [4.69, 9.17) is 4.74 Å². The van der Waals surface area contributed by atoms with Crippen LogP contribution in [0.3, 0.4) is 0 Å². The Morgan fingerprint density at radius 1 is 1.21 bits per heavy atom. The molecular formula is C19H25N3O5S2. The average Bonchev–Trinajstić information content (AvgIpc) is 3.05. The summed E-state index contributed by atoms with van der Waals surface area (Å²) in [6, 6.07) is 6.56. The number of sulfonamides is 1. The summed E-state index contributed by atoms with van der Waals surface area (Å²) in [4.78, 5) is 23.9. The van der Waals surface area contributed by atoms with E-state index in [9.17, 15) is 18.0 Å². The molecule has 8 nitrogen and oxygen atoms in total. The molecule has 1 aromatic carbocycles. The van der Waals surface area contributed by atoms with Crippen molar-refractivity contribution in [3.05, 3.63) is 50.6 Å². The van der Waals surface area contributed by atoms with Gasteiger partial charge in [-0.3, -0.25) is 9.59 Å². The summed E-state index contributed by atoms with van der Waals surface area (Å²) in [5, 5.41) is 4.64. The van der Waals surface area contributed by atoms with Gasteiger partial charge in [0.25, 0.3) is 0 Å². The minimum absolute atomic E-state index is 0.00460. The number of benzene rings is 1. The summed E-state index contributed by atoms with van der Waals surface area (Å²) >= 11 is 1.16. The zero-order chi connectivity index (χ0) is 20.9. The number of carbonyl (C=O) groups is 1. The number of morpholine rings is 1. The minimum Gasteiger partial charge on any atom is -0.379 e. The van der Waals surface area contributed by atoms with Crippen molar-refractivity contribution in [3.63, 3.8) is 0 Å². The maximum atomic E-state index is 12.6. The van der Waals surface area contributed by atoms with Crippen molar-refractivity contribution >= 4 is 27.3 Å². The third kappa shape index (κ3) is 5.53. The molecule has 0 unspecified atom stereocenters. The van der Waals surface area contributed by atoms with Crippen molar-refractivity contribution in [1.82, 2.24) is 14.2 Å². The van der Waals surface area contributed by atoms with Crippen LogP contribution in [-0.4, -0.2) is 49.5 Å². The SMILES string of the molecule is Cc1csc(=O)n1CCCC(=O)NCc1ccc(S(=O)(=O)N2CCOCC2)cc1. The monoisotopic (exact) mass is 439 g/mol. The predicted molar refractivity (Wildman–Crippen MR) is 110 cm³/mol. The smallest absolute Gasteiger partial charge is 0.307 e. The number of amides is 1. The number of carbonyl (C=O) groups excluding carboxylic acids is 1. The lowest BCUT2D eigenvalue weighted by atomic mass is 10.2. The molecular weight excluding hydrogens is 414 g/mol. The molecule has 0 aliphatic carbocycles. The first-order valence-electron chi connectivity index (χ1n) is 9.46. The molecule has 3 rings (SSSR count). The van der Waals surface area contributed by atoms with E-state index < -0.39 is 10.0 Å². The van der Waals surface area contributed by atoms with Crippen LogP contribution >= 0.6 is 11.3 Å². The van der Waals surface area contributed by atoms with E-state index in [1.165, 1.54) is 4.31 Å². The first-order valence-corrected chi connectivity index (χ1v) is 11.8. The Balaban J connectivity index is 1.47. The van der Waals surface area contributed by atoms with Gasteiger partial charge in [-0.1, -0.05) is 23.5 Å². The molecule has 1 fully saturated rings. The molecule has 158 valence electrons. The largest absolute Gasteiger partial charge is 0.379 e. The van der Waals surface area contributed by atoms with Gasteiger partial charge in [-0.25, -0.2) is 8.42 Å². The summed E-state index contributed by atoms with van der Waals surface area (Å²) in [7, 11) is -3.51. The Bertz CT molecular complexity index is 990. The standard InChI is InChI=1S/C19H25N3O5S2/c1-15-14-28-19(24)22(15)8-2-3-18(23)20-13-16-4-6-17(7-5-16)29(25,26)21-9-11-27-12-10-21/h4-7,14H,2-3,8-13H2,1H3,(H,20,23). The van der Waals surface area contributed by atoms with Gasteiger partial charge in [0.2, 0.25) is 15.9 Å². The first kappa shape index (κ1) is 21.7. The van der Waals surface area contributed by atoms with Crippen LogP contribution in [0, 0.1) is 6.92 Å². The Hall–Kier alpha value is -2.01. The molecule has 1 saturated heterocycles. The molecule has 0 bridgehead atoms. The number of rotatable bonds is 8. The highest BCUT2D eigenvalue weighted by atomic mass is 32.2. The molecule has 29 heavy (non-hydrogen) atoms. The van der Waals surface area contributed by atoms with Gasteiger partial charge in [-0.15, -0.1) is 0 Å². The normalized spacial score (nSPS) is 15.3. The number of nitrogens with zero attached hydrogens (tertiary/aromatic N) is 2. The van der Waals surface area contributed by atoms with Crippen LogP contribution in [0.4, 0.5) is 0 Å². The third-order valence-electron chi connectivity index (χ3n) is 4.78. The van der Waals surface area contributed by atoms with Gasteiger partial charge in [0.1, 0.15) is 0 Å². The lowest BCUT2D eigenvalue weighted by Gasteiger charge is -2.26. The van der Waals surface area contributed by atoms with E-state index in [2.05, 4.69) is 5.32 Å². The number of aromatic nitrogens is 1. The van der Waals surface area contributed by atoms with Crippen molar-refractivity contribution in [2.45, 2.75) is 37.8 Å². The minimum atomic E-state index is -3.51. The molecule has 0 spiro atoms. The van der Waals surface area contributed by atoms with Crippen LogP contribution in [0.1, 0.15) is 24.1 Å². The lowest BCUT2D eigenvalue weighted by Crippen LogP contribution is -2.40. The van der Waals surface area contributed by atoms with Crippen molar-refractivity contribution in [2.24, 2.45) is 0 Å². The molecule has 10 heteroatoms. The van der Waals surface area contributed by atoms with Crippen LogP contribution in [-0.2, 0) is 32.6 Å². The molecule has 1 aromatic heterocycles. The topological polar surface area (TPSA) is 97.7 Å². The van der Waals surface area contributed by atoms with E-state index >= 15 is 0 Å². The molecule has 1 aliphatic heterocycles. The highest BCUT2D eigenvalue weighted by molar-refractivity contribution is 7.89. The molecule has 0 radical (unpaired) electrons. The van der Waals surface area contributed by atoms with Crippen molar-refractivity contribution in [2.75, 3.05) is 26.3 Å². The van der Waals surface area contributed by atoms with Crippen LogP contribution in [0.2, 0.25) is 0 Å². The second-order valence-corrected chi connectivity index (χ2v) is 9.59. The van der Waals surface area contributed by atoms with Crippen LogP contribution in [0.25, 0.3) is 0 Å². The van der Waals surface area contributed by atoms with E-state index in [0.29, 0.717) is 52.2 Å². The molecule has 1 amide bonds. The molecule has 1 aliphatic rings. The highest BCUT2D eigenvalue weighted by Gasteiger charge is 2.26. The summed E-state index contributed by atoms with van der Waals surface area (Å²) in [6.45, 7) is 4.26. The molecule has 0 atom stereocenters. The van der Waals surface area contributed by atoms with Gasteiger partial charge in [0.15, 0.2) is 0 Å². The van der Waals surface area contributed by atoms with E-state index in [-0.39, 0.29) is 15.7 Å². The van der Waals surface area contributed by atoms with E-state index in [1.54, 1.807) is 28.8 Å². The summed E-state index contributed by atoms with van der Waals surface area (Å²) in [6.07, 6.45) is 0.908. The zero-order valence-electron chi connectivity index (χ0n) is 16.3. The van der Waals surface area contributed by atoms with Crippen LogP contribution < -0.4 is 10.2 Å². The number of nitrogens with one attached hydrogen (secondary N) is 1. The van der Waals surface area contributed by atoms with Gasteiger partial charge in [0.05, 0.1) is 18.1 Å².